The number of hydrogen-bond donors (Lipinski definition) is 0. The summed E-state index contributed by atoms with van der Waals surface area (Å²) in [6.45, 7) is 0. The van der Waals surface area contributed by atoms with Crippen LogP contribution in [0.1, 0.15) is 45.2 Å². The van der Waals surface area contributed by atoms with Crippen LogP contribution in [0.25, 0.3) is 113 Å². The maximum absolute atomic E-state index is 5.35. The minimum Gasteiger partial charge on any atom is -0.208 e. The summed E-state index contributed by atoms with van der Waals surface area (Å²) >= 11 is 0. The Hall–Kier alpha value is -10.6. The van der Waals surface area contributed by atoms with Crippen molar-refractivity contribution >= 4 is 0 Å². The van der Waals surface area contributed by atoms with E-state index in [0.717, 1.165) is 55.6 Å². The largest absolute Gasteiger partial charge is 0.208 e. The van der Waals surface area contributed by atoms with Crippen LogP contribution in [0, 0.1) is 0 Å². The quantitative estimate of drug-likeness (QED) is 0.136. The Morgan fingerprint density at radius 2 is 0.412 bits per heavy atom. The van der Waals surface area contributed by atoms with E-state index in [1.54, 1.807) is 0 Å². The first-order chi connectivity index (χ1) is 39.6. The molecule has 80 heavy (non-hydrogen) atoms. The summed E-state index contributed by atoms with van der Waals surface area (Å²) in [4.78, 5) is 31.6. The average Bonchev–Trinajstić information content (AvgIpc) is 3.56. The Labute approximate surface area is 464 Å². The van der Waals surface area contributed by atoms with E-state index in [0.29, 0.717) is 34.9 Å². The predicted octanol–water partition coefficient (Wildman–Crippen LogP) is 17.7. The summed E-state index contributed by atoms with van der Waals surface area (Å²) < 4.78 is 0. The average molecular weight is 1020 g/mol. The van der Waals surface area contributed by atoms with Gasteiger partial charge in [-0.25, -0.2) is 29.9 Å². The first-order valence-electron chi connectivity index (χ1n) is 27.2. The lowest BCUT2D eigenvalue weighted by molar-refractivity contribution is 0.754. The molecule has 0 amide bonds. The molecule has 0 saturated heterocycles. The Bertz CT molecular complexity index is 4160. The predicted molar refractivity (Wildman–Crippen MR) is 322 cm³/mol. The summed E-state index contributed by atoms with van der Waals surface area (Å²) in [6.07, 6.45) is 0. The zero-order chi connectivity index (χ0) is 52.9. The summed E-state index contributed by atoms with van der Waals surface area (Å²) in [5.41, 5.74) is 22.3. The lowest BCUT2D eigenvalue weighted by atomic mass is 9.61. The molecule has 374 valence electrons. The van der Waals surface area contributed by atoms with Gasteiger partial charge in [0.05, 0.1) is 0 Å². The molecular weight excluding hydrogens is 973 g/mol. The Morgan fingerprint density at radius 1 is 0.163 bits per heavy atom. The first kappa shape index (κ1) is 46.7. The fourth-order valence-electron chi connectivity index (χ4n) is 12.0. The third-order valence-corrected chi connectivity index (χ3v) is 15.8. The molecule has 0 N–H and O–H groups in total. The van der Waals surface area contributed by atoms with Gasteiger partial charge in [0, 0.05) is 45.2 Å². The van der Waals surface area contributed by atoms with Crippen LogP contribution in [0.4, 0.5) is 0 Å². The molecular formula is C74H48N6. The van der Waals surface area contributed by atoms with Gasteiger partial charge in [-0.05, 0) is 90.0 Å². The monoisotopic (exact) mass is 1020 g/mol. The number of hydrogen-bond acceptors (Lipinski definition) is 6. The SMILES string of the molecule is c1ccc(-c2ccc(-c3ccccc3-c3nc(-c4ccccc4)nc(-c4ccc5c(c4)C4c6ccccc6C5c5cc(-c6nc(-c7ccccc7)nc(-c7ccccc7-c7ccc(-c8ccccc8)cc7)n6)ccc54)n3)cc2)cc1. The lowest BCUT2D eigenvalue weighted by Gasteiger charge is -2.42. The van der Waals surface area contributed by atoms with Crippen LogP contribution in [-0.2, 0) is 0 Å². The maximum atomic E-state index is 5.35. The molecule has 11 aromatic carbocycles. The summed E-state index contributed by atoms with van der Waals surface area (Å²) in [5.74, 6) is 3.72. The Kier molecular flexibility index (Phi) is 11.6. The molecule has 2 unspecified atom stereocenters. The van der Waals surface area contributed by atoms with Crippen LogP contribution in [0.5, 0.6) is 0 Å². The van der Waals surface area contributed by atoms with E-state index in [2.05, 4.69) is 231 Å². The van der Waals surface area contributed by atoms with Crippen LogP contribution < -0.4 is 0 Å². The molecule has 0 fully saturated rings. The molecule has 2 bridgehead atoms. The molecule has 0 saturated carbocycles. The van der Waals surface area contributed by atoms with E-state index in [1.165, 1.54) is 55.6 Å². The zero-order valence-corrected chi connectivity index (χ0v) is 43.4. The van der Waals surface area contributed by atoms with Crippen molar-refractivity contribution in [2.75, 3.05) is 0 Å². The van der Waals surface area contributed by atoms with Gasteiger partial charge in [0.1, 0.15) is 0 Å². The highest BCUT2D eigenvalue weighted by molar-refractivity contribution is 5.85. The highest BCUT2D eigenvalue weighted by Gasteiger charge is 2.41. The van der Waals surface area contributed by atoms with E-state index < -0.39 is 0 Å². The van der Waals surface area contributed by atoms with E-state index in [4.69, 9.17) is 29.9 Å². The highest BCUT2D eigenvalue weighted by atomic mass is 15.0. The van der Waals surface area contributed by atoms with Crippen molar-refractivity contribution in [2.45, 2.75) is 11.8 Å². The topological polar surface area (TPSA) is 77.3 Å². The van der Waals surface area contributed by atoms with Crippen molar-refractivity contribution in [1.29, 1.82) is 0 Å². The smallest absolute Gasteiger partial charge is 0.164 e. The highest BCUT2D eigenvalue weighted by Crippen LogP contribution is 2.57. The zero-order valence-electron chi connectivity index (χ0n) is 43.4. The molecule has 0 spiro atoms. The van der Waals surface area contributed by atoms with E-state index >= 15 is 0 Å². The molecule has 3 aliphatic rings. The van der Waals surface area contributed by atoms with Crippen LogP contribution in [0.2, 0.25) is 0 Å². The van der Waals surface area contributed by atoms with Gasteiger partial charge < -0.3 is 0 Å². The van der Waals surface area contributed by atoms with Gasteiger partial charge in [-0.15, -0.1) is 0 Å². The molecule has 16 rings (SSSR count). The van der Waals surface area contributed by atoms with Gasteiger partial charge in [0.15, 0.2) is 34.9 Å². The fraction of sp³-hybridized carbons (Fsp3) is 0.0270. The third-order valence-electron chi connectivity index (χ3n) is 15.8. The van der Waals surface area contributed by atoms with Crippen molar-refractivity contribution in [1.82, 2.24) is 29.9 Å². The summed E-state index contributed by atoms with van der Waals surface area (Å²) in [6, 6.07) is 98.4. The van der Waals surface area contributed by atoms with Gasteiger partial charge in [-0.1, -0.05) is 267 Å². The van der Waals surface area contributed by atoms with E-state index in [-0.39, 0.29) is 11.8 Å². The van der Waals surface area contributed by atoms with Gasteiger partial charge in [0.25, 0.3) is 0 Å². The van der Waals surface area contributed by atoms with Crippen molar-refractivity contribution < 1.29 is 0 Å². The molecule has 6 heteroatoms. The molecule has 6 nitrogen and oxygen atoms in total. The molecule has 2 atom stereocenters. The minimum absolute atomic E-state index is 0.0151. The normalized spacial score (nSPS) is 13.8. The number of benzene rings is 11. The Balaban J connectivity index is 0.823. The van der Waals surface area contributed by atoms with Gasteiger partial charge in [0.2, 0.25) is 0 Å². The molecule has 0 aliphatic heterocycles. The first-order valence-corrected chi connectivity index (χ1v) is 27.2. The maximum Gasteiger partial charge on any atom is 0.164 e. The van der Waals surface area contributed by atoms with Crippen LogP contribution >= 0.6 is 0 Å². The molecule has 2 aromatic heterocycles. The lowest BCUT2D eigenvalue weighted by Crippen LogP contribution is -2.27. The van der Waals surface area contributed by atoms with Gasteiger partial charge >= 0.3 is 0 Å². The van der Waals surface area contributed by atoms with Crippen molar-refractivity contribution in [3.63, 3.8) is 0 Å². The van der Waals surface area contributed by atoms with Gasteiger partial charge in [-0.2, -0.15) is 0 Å². The standard InChI is InChI=1S/C74H48N6/c1-5-19-47(20-6-1)49-33-37-51(38-34-49)57-27-13-17-31-63(57)73-77-69(53-23-9-3-10-24-53)75-71(79-73)55-41-43-61-65(45-55)67-59-29-15-16-30-60(59)68(61)66-46-56(42-44-62(66)67)72-76-70(54-25-11-4-12-26-54)78-74(80-72)64-32-18-14-28-58(64)52-39-35-50(36-40-52)48-21-7-2-8-22-48/h1-46,67-68H. The second-order valence-corrected chi connectivity index (χ2v) is 20.5. The van der Waals surface area contributed by atoms with Crippen LogP contribution in [0.15, 0.2) is 279 Å². The second kappa shape index (κ2) is 19.8. The van der Waals surface area contributed by atoms with Crippen LogP contribution in [-0.4, -0.2) is 29.9 Å². The summed E-state index contributed by atoms with van der Waals surface area (Å²) in [7, 11) is 0. The van der Waals surface area contributed by atoms with Gasteiger partial charge in [-0.3, -0.25) is 0 Å². The van der Waals surface area contributed by atoms with Crippen molar-refractivity contribution in [3.05, 3.63) is 312 Å². The molecule has 0 radical (unpaired) electrons. The minimum atomic E-state index is -0.0151. The number of rotatable bonds is 10. The van der Waals surface area contributed by atoms with E-state index in [1.807, 2.05) is 48.5 Å². The molecule has 2 heterocycles. The molecule has 3 aliphatic carbocycles. The summed E-state index contributed by atoms with van der Waals surface area (Å²) in [5, 5.41) is 0. The fourth-order valence-corrected chi connectivity index (χ4v) is 12.0. The number of aromatic nitrogens is 6. The second-order valence-electron chi connectivity index (χ2n) is 20.5. The van der Waals surface area contributed by atoms with Crippen molar-refractivity contribution in [3.8, 4) is 113 Å². The Morgan fingerprint density at radius 3 is 0.787 bits per heavy atom. The van der Waals surface area contributed by atoms with Crippen LogP contribution in [0.3, 0.4) is 0 Å². The van der Waals surface area contributed by atoms with E-state index in [9.17, 15) is 0 Å². The van der Waals surface area contributed by atoms with Crippen molar-refractivity contribution in [2.24, 2.45) is 0 Å². The third kappa shape index (κ3) is 8.38. The molecule has 13 aromatic rings. The number of nitrogens with zero attached hydrogens (tertiary/aromatic N) is 6.